The smallest absolute Gasteiger partial charge is 0.326 e. The molecule has 0 saturated heterocycles. The molecule has 0 aliphatic rings. The Kier molecular flexibility index (Phi) is 26.7. The van der Waals surface area contributed by atoms with Crippen LogP contribution in [0.5, 0.6) is 11.5 Å². The zero-order valence-electron chi connectivity index (χ0n) is 46.1. The largest absolute Gasteiger partial charge is 0.508 e. The first kappa shape index (κ1) is 66.6. The predicted molar refractivity (Wildman–Crippen MR) is 293 cm³/mol. The number of amides is 10. The number of aliphatic carboxylic acids is 1. The van der Waals surface area contributed by atoms with Gasteiger partial charge < -0.3 is 80.2 Å². The lowest BCUT2D eigenvalue weighted by Gasteiger charge is -2.29. The average molecular weight is 1130 g/mol. The van der Waals surface area contributed by atoms with Crippen molar-refractivity contribution in [2.75, 3.05) is 6.61 Å². The molecule has 3 rings (SSSR count). The molecule has 0 saturated carbocycles. The number of carbonyl (C=O) groups excluding carboxylic acids is 10. The van der Waals surface area contributed by atoms with Crippen molar-refractivity contribution in [3.8, 4) is 11.5 Å². The number of aliphatic hydroxyl groups is 1. The Morgan fingerprint density at radius 2 is 0.765 bits per heavy atom. The number of aliphatic hydroxyl groups excluding tert-OH is 1. The van der Waals surface area contributed by atoms with Gasteiger partial charge in [0.05, 0.1) is 25.5 Å². The van der Waals surface area contributed by atoms with Crippen LogP contribution in [0.4, 0.5) is 0 Å². The van der Waals surface area contributed by atoms with Crippen molar-refractivity contribution in [1.82, 2.24) is 42.5 Å². The van der Waals surface area contributed by atoms with Gasteiger partial charge in [-0.3, -0.25) is 47.9 Å². The minimum atomic E-state index is -1.81. The molecule has 0 fully saturated rings. The summed E-state index contributed by atoms with van der Waals surface area (Å²) in [5.41, 5.74) is 17.9. The summed E-state index contributed by atoms with van der Waals surface area (Å²) < 4.78 is 0. The maximum Gasteiger partial charge on any atom is 0.326 e. The number of hydrogen-bond acceptors (Lipinski definition) is 15. The van der Waals surface area contributed by atoms with Crippen molar-refractivity contribution >= 4 is 65.0 Å². The number of phenolic OH excluding ortho intramolecular Hbond substituents is 2. The quantitative estimate of drug-likeness (QED) is 0.0311. The highest BCUT2D eigenvalue weighted by Gasteiger charge is 2.37. The number of aromatic hydroxyl groups is 2. The third-order valence-electron chi connectivity index (χ3n) is 12.5. The molecule has 9 atom stereocenters. The highest BCUT2D eigenvalue weighted by molar-refractivity contribution is 5.99. The fourth-order valence-electron chi connectivity index (χ4n) is 8.21. The van der Waals surface area contributed by atoms with Crippen LogP contribution in [0.15, 0.2) is 78.9 Å². The number of primary amides is 2. The van der Waals surface area contributed by atoms with E-state index in [9.17, 15) is 73.2 Å². The van der Waals surface area contributed by atoms with Gasteiger partial charge in [-0.1, -0.05) is 96.1 Å². The second kappa shape index (κ2) is 32.4. The summed E-state index contributed by atoms with van der Waals surface area (Å²) in [6.07, 6.45) is -1.86. The Balaban J connectivity index is 1.89. The Morgan fingerprint density at radius 3 is 1.19 bits per heavy atom. The van der Waals surface area contributed by atoms with E-state index in [1.54, 1.807) is 58.0 Å². The molecule has 0 heterocycles. The number of carbonyl (C=O) groups is 11. The van der Waals surface area contributed by atoms with E-state index in [4.69, 9.17) is 17.2 Å². The van der Waals surface area contributed by atoms with Gasteiger partial charge in [0.25, 0.3) is 0 Å². The molecular formula is C55H77N11O15. The summed E-state index contributed by atoms with van der Waals surface area (Å²) in [6, 6.07) is 6.14. The molecule has 0 bridgehead atoms. The summed E-state index contributed by atoms with van der Waals surface area (Å²) in [5, 5.41) is 59.9. The standard InChI is InChI=1S/C55H77N11O15/c1-28(2)20-37(61-50(75)39(22-32-12-16-34(68)17-13-32)59-47(72)36(56)25-44(57)70)48(73)60-38(21-29(3)4)49(74)62-40(23-33-14-18-35(69)19-15-33)52(77)66-46(30(5)6)54(79)65-43(27-67)53(78)63-41(26-45(58)71)51(76)64-42(55(80)81)24-31-10-8-7-9-11-31/h7-19,28-30,36-43,46,67-69H,20-27,56H2,1-6H3,(H2,57,70)(H2,58,71)(H,59,72)(H,60,73)(H,61,75)(H,62,74)(H,63,78)(H,64,76)(H,65,79)(H,66,77)(H,80,81)/t36-,37-,38-,39-,40-,41-,42-,43-,46-/m0/s1. The van der Waals surface area contributed by atoms with Gasteiger partial charge in [-0.05, 0) is 71.6 Å². The van der Waals surface area contributed by atoms with E-state index in [1.807, 2.05) is 0 Å². The highest BCUT2D eigenvalue weighted by atomic mass is 16.4. The minimum absolute atomic E-state index is 0.00216. The maximum atomic E-state index is 14.4. The first-order valence-electron chi connectivity index (χ1n) is 26.3. The summed E-state index contributed by atoms with van der Waals surface area (Å²) in [4.78, 5) is 147. The molecule has 0 radical (unpaired) electrons. The Labute approximate surface area is 468 Å². The average Bonchev–Trinajstić information content (AvgIpc) is 3.38. The normalized spacial score (nSPS) is 14.5. The molecule has 3 aromatic rings. The maximum absolute atomic E-state index is 14.4. The molecular weight excluding hydrogens is 1050 g/mol. The molecule has 0 aromatic heterocycles. The lowest BCUT2D eigenvalue weighted by molar-refractivity contribution is -0.142. The number of carboxylic acids is 1. The number of hydrogen-bond donors (Lipinski definition) is 15. The van der Waals surface area contributed by atoms with Crippen LogP contribution in [-0.4, -0.2) is 146 Å². The van der Waals surface area contributed by atoms with E-state index in [1.165, 1.54) is 62.4 Å². The first-order chi connectivity index (χ1) is 38.1. The Morgan fingerprint density at radius 1 is 0.420 bits per heavy atom. The van der Waals surface area contributed by atoms with Crippen LogP contribution in [0.25, 0.3) is 0 Å². The third kappa shape index (κ3) is 23.3. The van der Waals surface area contributed by atoms with Crippen LogP contribution in [0.2, 0.25) is 0 Å². The van der Waals surface area contributed by atoms with E-state index in [2.05, 4.69) is 42.5 Å². The molecule has 18 N–H and O–H groups in total. The summed E-state index contributed by atoms with van der Waals surface area (Å²) in [6.45, 7) is 9.09. The Hall–Kier alpha value is -8.65. The van der Waals surface area contributed by atoms with Crippen LogP contribution in [0, 0.1) is 17.8 Å². The summed E-state index contributed by atoms with van der Waals surface area (Å²) in [5.74, 6) is -12.4. The van der Waals surface area contributed by atoms with Crippen molar-refractivity contribution in [2.45, 2.75) is 141 Å². The summed E-state index contributed by atoms with van der Waals surface area (Å²) in [7, 11) is 0. The van der Waals surface area contributed by atoms with Gasteiger partial charge in [0.1, 0.15) is 59.8 Å². The van der Waals surface area contributed by atoms with Gasteiger partial charge in [0, 0.05) is 19.3 Å². The minimum Gasteiger partial charge on any atom is -0.508 e. The molecule has 26 heteroatoms. The second-order valence-corrected chi connectivity index (χ2v) is 20.8. The first-order valence-corrected chi connectivity index (χ1v) is 26.3. The molecule has 3 aromatic carbocycles. The van der Waals surface area contributed by atoms with Crippen LogP contribution in [-0.2, 0) is 72.0 Å². The van der Waals surface area contributed by atoms with E-state index >= 15 is 0 Å². The van der Waals surface area contributed by atoms with Gasteiger partial charge >= 0.3 is 5.97 Å². The highest BCUT2D eigenvalue weighted by Crippen LogP contribution is 2.16. The zero-order chi connectivity index (χ0) is 60.7. The van der Waals surface area contributed by atoms with Crippen molar-refractivity contribution in [3.05, 3.63) is 95.6 Å². The number of nitrogens with one attached hydrogen (secondary N) is 8. The molecule has 26 nitrogen and oxygen atoms in total. The van der Waals surface area contributed by atoms with E-state index in [0.29, 0.717) is 16.7 Å². The van der Waals surface area contributed by atoms with Gasteiger partial charge in [0.2, 0.25) is 59.1 Å². The van der Waals surface area contributed by atoms with Crippen LogP contribution in [0.1, 0.15) is 83.9 Å². The number of phenols is 2. The lowest BCUT2D eigenvalue weighted by Crippen LogP contribution is -2.62. The van der Waals surface area contributed by atoms with Crippen LogP contribution < -0.4 is 59.7 Å². The van der Waals surface area contributed by atoms with Crippen molar-refractivity contribution in [3.63, 3.8) is 0 Å². The van der Waals surface area contributed by atoms with Crippen molar-refractivity contribution < 1.29 is 73.2 Å². The Bertz CT molecular complexity index is 2660. The van der Waals surface area contributed by atoms with Gasteiger partial charge in [0.15, 0.2) is 0 Å². The monoisotopic (exact) mass is 1130 g/mol. The van der Waals surface area contributed by atoms with Gasteiger partial charge in [-0.25, -0.2) is 4.79 Å². The fourth-order valence-corrected chi connectivity index (χ4v) is 8.21. The number of benzene rings is 3. The summed E-state index contributed by atoms with van der Waals surface area (Å²) >= 11 is 0. The van der Waals surface area contributed by atoms with E-state index in [-0.39, 0.29) is 55.4 Å². The number of rotatable bonds is 33. The predicted octanol–water partition coefficient (Wildman–Crippen LogP) is -2.09. The molecule has 442 valence electrons. The fraction of sp³-hybridized carbons (Fsp3) is 0.473. The lowest BCUT2D eigenvalue weighted by atomic mass is 9.98. The number of carboxylic acid groups (broad SMARTS) is 1. The molecule has 0 aliphatic heterocycles. The van der Waals surface area contributed by atoms with E-state index in [0.717, 1.165) is 0 Å². The number of nitrogens with two attached hydrogens (primary N) is 3. The van der Waals surface area contributed by atoms with Crippen molar-refractivity contribution in [2.24, 2.45) is 35.0 Å². The molecule has 10 amide bonds. The molecule has 81 heavy (non-hydrogen) atoms. The SMILES string of the molecule is CC(C)C[C@H](NC(=O)[C@H](CC(C)C)NC(=O)[C@H](Cc1ccc(O)cc1)NC(=O)[C@@H](N)CC(N)=O)C(=O)N[C@@H](Cc1ccc(O)cc1)C(=O)N[C@H](C(=O)N[C@@H](CO)C(=O)N[C@@H](CC(N)=O)C(=O)N[C@@H](Cc1ccccc1)C(=O)O)C(C)C. The van der Waals surface area contributed by atoms with Crippen molar-refractivity contribution in [1.29, 1.82) is 0 Å². The molecule has 0 spiro atoms. The van der Waals surface area contributed by atoms with Crippen LogP contribution >= 0.6 is 0 Å². The molecule has 0 aliphatic carbocycles. The topological polar surface area (TPSA) is 443 Å². The third-order valence-corrected chi connectivity index (χ3v) is 12.5. The molecule has 0 unspecified atom stereocenters. The van der Waals surface area contributed by atoms with E-state index < -0.39 is 145 Å². The van der Waals surface area contributed by atoms with Gasteiger partial charge in [-0.15, -0.1) is 0 Å². The van der Waals surface area contributed by atoms with Crippen LogP contribution in [0.3, 0.4) is 0 Å². The zero-order valence-corrected chi connectivity index (χ0v) is 46.1. The second-order valence-electron chi connectivity index (χ2n) is 20.8. The van der Waals surface area contributed by atoms with Gasteiger partial charge in [-0.2, -0.15) is 0 Å².